The Morgan fingerprint density at radius 2 is 2.10 bits per heavy atom. The Morgan fingerprint density at radius 1 is 1.30 bits per heavy atom. The molecule has 1 amide bonds. The molecule has 0 bridgehead atoms. The minimum absolute atomic E-state index is 0.0719. The van der Waals surface area contributed by atoms with Crippen LogP contribution in [0.5, 0.6) is 0 Å². The summed E-state index contributed by atoms with van der Waals surface area (Å²) in [5.41, 5.74) is 0. The molecular formula is C13H19N3O4. The average molecular weight is 281 g/mol. The number of hydrogen-bond donors (Lipinski definition) is 2. The topological polar surface area (TPSA) is 105 Å². The minimum atomic E-state index is -0.845. The fourth-order valence-electron chi connectivity index (χ4n) is 1.83. The summed E-state index contributed by atoms with van der Waals surface area (Å²) in [5, 5.41) is 15.1. The van der Waals surface area contributed by atoms with Crippen molar-refractivity contribution in [2.75, 3.05) is 6.54 Å². The van der Waals surface area contributed by atoms with Gasteiger partial charge < -0.3 is 14.9 Å². The first-order chi connectivity index (χ1) is 9.65. The van der Waals surface area contributed by atoms with Crippen LogP contribution in [0, 0.1) is 0 Å². The molecule has 1 heterocycles. The average Bonchev–Trinajstić information content (AvgIpc) is 3.15. The normalized spacial score (nSPS) is 14.2. The SMILES string of the molecule is O=C(O)CCCNC(=O)CCCc1nc(C2CC2)no1. The zero-order valence-electron chi connectivity index (χ0n) is 11.3. The second-order valence-corrected chi connectivity index (χ2v) is 5.02. The molecule has 110 valence electrons. The van der Waals surface area contributed by atoms with Crippen LogP contribution < -0.4 is 5.32 Å². The first-order valence-electron chi connectivity index (χ1n) is 6.96. The van der Waals surface area contributed by atoms with Crippen molar-refractivity contribution in [3.8, 4) is 0 Å². The molecule has 1 aromatic heterocycles. The van der Waals surface area contributed by atoms with Gasteiger partial charge in [-0.1, -0.05) is 5.16 Å². The summed E-state index contributed by atoms with van der Waals surface area (Å²) in [5.74, 6) is 0.938. The van der Waals surface area contributed by atoms with Crippen molar-refractivity contribution in [3.63, 3.8) is 0 Å². The van der Waals surface area contributed by atoms with Gasteiger partial charge in [-0.05, 0) is 25.7 Å². The number of carboxylic acid groups (broad SMARTS) is 1. The van der Waals surface area contributed by atoms with E-state index in [9.17, 15) is 9.59 Å². The third-order valence-corrected chi connectivity index (χ3v) is 3.11. The fraction of sp³-hybridized carbons (Fsp3) is 0.692. The van der Waals surface area contributed by atoms with Crippen LogP contribution in [0.3, 0.4) is 0 Å². The lowest BCUT2D eigenvalue weighted by atomic mass is 10.2. The number of hydrogen-bond acceptors (Lipinski definition) is 5. The van der Waals surface area contributed by atoms with Gasteiger partial charge in [-0.3, -0.25) is 9.59 Å². The molecule has 0 radical (unpaired) electrons. The molecule has 2 rings (SSSR count). The highest BCUT2D eigenvalue weighted by Crippen LogP contribution is 2.38. The van der Waals surface area contributed by atoms with E-state index in [1.54, 1.807) is 0 Å². The Labute approximate surface area is 116 Å². The van der Waals surface area contributed by atoms with E-state index < -0.39 is 5.97 Å². The zero-order chi connectivity index (χ0) is 14.4. The van der Waals surface area contributed by atoms with Gasteiger partial charge in [0.2, 0.25) is 11.8 Å². The van der Waals surface area contributed by atoms with Crippen molar-refractivity contribution in [3.05, 3.63) is 11.7 Å². The highest BCUT2D eigenvalue weighted by molar-refractivity contribution is 5.75. The molecule has 1 aliphatic rings. The van der Waals surface area contributed by atoms with Crippen LogP contribution in [0.15, 0.2) is 4.52 Å². The Bertz CT molecular complexity index is 468. The number of carbonyl (C=O) groups excluding carboxylic acids is 1. The molecule has 1 saturated carbocycles. The Hall–Kier alpha value is -1.92. The number of amides is 1. The first-order valence-corrected chi connectivity index (χ1v) is 6.96. The predicted octanol–water partition coefficient (Wildman–Crippen LogP) is 1.25. The van der Waals surface area contributed by atoms with Gasteiger partial charge in [-0.2, -0.15) is 4.98 Å². The summed E-state index contributed by atoms with van der Waals surface area (Å²) in [6, 6.07) is 0. The van der Waals surface area contributed by atoms with Gasteiger partial charge in [0.1, 0.15) is 0 Å². The van der Waals surface area contributed by atoms with Crippen LogP contribution in [0.1, 0.15) is 56.2 Å². The van der Waals surface area contributed by atoms with Crippen molar-refractivity contribution in [2.24, 2.45) is 0 Å². The van der Waals surface area contributed by atoms with Gasteiger partial charge >= 0.3 is 5.97 Å². The number of nitrogens with one attached hydrogen (secondary N) is 1. The van der Waals surface area contributed by atoms with E-state index in [1.807, 2.05) is 0 Å². The number of rotatable bonds is 9. The maximum Gasteiger partial charge on any atom is 0.303 e. The van der Waals surface area contributed by atoms with Crippen LogP contribution >= 0.6 is 0 Å². The number of aromatic nitrogens is 2. The van der Waals surface area contributed by atoms with Crippen molar-refractivity contribution in [2.45, 2.75) is 50.9 Å². The van der Waals surface area contributed by atoms with Crippen molar-refractivity contribution >= 4 is 11.9 Å². The van der Waals surface area contributed by atoms with E-state index in [1.165, 1.54) is 0 Å². The summed E-state index contributed by atoms with van der Waals surface area (Å²) in [7, 11) is 0. The van der Waals surface area contributed by atoms with E-state index in [4.69, 9.17) is 9.63 Å². The molecule has 0 saturated heterocycles. The Kier molecular flexibility index (Phi) is 5.09. The summed E-state index contributed by atoms with van der Waals surface area (Å²) in [6.45, 7) is 0.400. The molecular weight excluding hydrogens is 262 g/mol. The molecule has 7 nitrogen and oxygen atoms in total. The van der Waals surface area contributed by atoms with Gasteiger partial charge in [0.05, 0.1) is 0 Å². The van der Waals surface area contributed by atoms with Crippen LogP contribution in [0.4, 0.5) is 0 Å². The quantitative estimate of drug-likeness (QED) is 0.660. The molecule has 0 aliphatic heterocycles. The molecule has 1 fully saturated rings. The van der Waals surface area contributed by atoms with Crippen LogP contribution in [-0.2, 0) is 16.0 Å². The maximum atomic E-state index is 11.5. The molecule has 0 atom stereocenters. The molecule has 0 unspecified atom stereocenters. The monoisotopic (exact) mass is 281 g/mol. The third-order valence-electron chi connectivity index (χ3n) is 3.11. The molecule has 0 aromatic carbocycles. The number of nitrogens with zero attached hydrogens (tertiary/aromatic N) is 2. The van der Waals surface area contributed by atoms with E-state index in [0.717, 1.165) is 18.7 Å². The van der Waals surface area contributed by atoms with Crippen molar-refractivity contribution in [1.82, 2.24) is 15.5 Å². The van der Waals surface area contributed by atoms with Gasteiger partial charge in [-0.15, -0.1) is 0 Å². The molecule has 7 heteroatoms. The highest BCUT2D eigenvalue weighted by Gasteiger charge is 2.28. The Morgan fingerprint density at radius 3 is 2.80 bits per heavy atom. The summed E-state index contributed by atoms with van der Waals surface area (Å²) in [6.07, 6.45) is 4.44. The lowest BCUT2D eigenvalue weighted by Gasteiger charge is -2.02. The first kappa shape index (κ1) is 14.5. The van der Waals surface area contributed by atoms with E-state index >= 15 is 0 Å². The fourth-order valence-corrected chi connectivity index (χ4v) is 1.83. The zero-order valence-corrected chi connectivity index (χ0v) is 11.3. The van der Waals surface area contributed by atoms with E-state index in [2.05, 4.69) is 15.5 Å². The summed E-state index contributed by atoms with van der Waals surface area (Å²) < 4.78 is 5.11. The molecule has 1 aromatic rings. The smallest absolute Gasteiger partial charge is 0.303 e. The molecule has 20 heavy (non-hydrogen) atoms. The van der Waals surface area contributed by atoms with Crippen molar-refractivity contribution in [1.29, 1.82) is 0 Å². The second-order valence-electron chi connectivity index (χ2n) is 5.02. The second kappa shape index (κ2) is 7.02. The van der Waals surface area contributed by atoms with Gasteiger partial charge in [-0.25, -0.2) is 0 Å². The van der Waals surface area contributed by atoms with Gasteiger partial charge in [0.25, 0.3) is 0 Å². The van der Waals surface area contributed by atoms with Crippen molar-refractivity contribution < 1.29 is 19.2 Å². The maximum absolute atomic E-state index is 11.5. The molecule has 1 aliphatic carbocycles. The van der Waals surface area contributed by atoms with Gasteiger partial charge in [0, 0.05) is 31.7 Å². The van der Waals surface area contributed by atoms with E-state index in [-0.39, 0.29) is 12.3 Å². The number of carbonyl (C=O) groups is 2. The lowest BCUT2D eigenvalue weighted by molar-refractivity contribution is -0.137. The predicted molar refractivity (Wildman–Crippen MR) is 69.1 cm³/mol. The largest absolute Gasteiger partial charge is 0.481 e. The standard InChI is InChI=1S/C13H19N3O4/c17-10(14-8-2-5-12(18)19)3-1-4-11-15-13(16-20-11)9-6-7-9/h9H,1-8H2,(H,14,17)(H,18,19). The van der Waals surface area contributed by atoms with Crippen LogP contribution in [0.25, 0.3) is 0 Å². The third kappa shape index (κ3) is 4.99. The lowest BCUT2D eigenvalue weighted by Crippen LogP contribution is -2.24. The van der Waals surface area contributed by atoms with E-state index in [0.29, 0.717) is 44.0 Å². The minimum Gasteiger partial charge on any atom is -0.481 e. The number of carboxylic acids is 1. The summed E-state index contributed by atoms with van der Waals surface area (Å²) >= 11 is 0. The Balaban J connectivity index is 1.55. The number of aliphatic carboxylic acids is 1. The number of aryl methyl sites for hydroxylation is 1. The van der Waals surface area contributed by atoms with Crippen LogP contribution in [0.2, 0.25) is 0 Å². The molecule has 2 N–H and O–H groups in total. The highest BCUT2D eigenvalue weighted by atomic mass is 16.5. The van der Waals surface area contributed by atoms with Gasteiger partial charge in [0.15, 0.2) is 5.82 Å². The van der Waals surface area contributed by atoms with Crippen LogP contribution in [-0.4, -0.2) is 33.7 Å². The summed E-state index contributed by atoms with van der Waals surface area (Å²) in [4.78, 5) is 26.1. The molecule has 0 spiro atoms.